The summed E-state index contributed by atoms with van der Waals surface area (Å²) in [7, 11) is 0. The number of aromatic nitrogens is 2. The zero-order valence-electron chi connectivity index (χ0n) is 7.17. The molecular weight excluding hydrogens is 267 g/mol. The van der Waals surface area contributed by atoms with E-state index in [9.17, 15) is 4.79 Å². The van der Waals surface area contributed by atoms with Crippen molar-refractivity contribution < 1.29 is 0 Å². The van der Waals surface area contributed by atoms with E-state index in [0.717, 1.165) is 22.2 Å². The summed E-state index contributed by atoms with van der Waals surface area (Å²) >= 11 is 2.04. The van der Waals surface area contributed by atoms with Gasteiger partial charge < -0.3 is 0 Å². The molecule has 0 saturated heterocycles. The molecule has 0 amide bonds. The van der Waals surface area contributed by atoms with Crippen molar-refractivity contribution in [2.45, 2.75) is 26.8 Å². The van der Waals surface area contributed by atoms with E-state index in [1.165, 1.54) is 0 Å². The average molecular weight is 278 g/mol. The lowest BCUT2D eigenvalue weighted by molar-refractivity contribution is 0.634. The molecule has 0 N–H and O–H groups in total. The number of aryl methyl sites for hydroxylation is 2. The van der Waals surface area contributed by atoms with Crippen molar-refractivity contribution in [1.29, 1.82) is 0 Å². The van der Waals surface area contributed by atoms with Gasteiger partial charge in [0.15, 0.2) is 0 Å². The van der Waals surface area contributed by atoms with Gasteiger partial charge in [-0.1, -0.05) is 6.92 Å². The third-order valence-corrected chi connectivity index (χ3v) is 2.86. The Hall–Kier alpha value is -0.390. The van der Waals surface area contributed by atoms with Crippen LogP contribution in [0.2, 0.25) is 0 Å². The minimum atomic E-state index is 0.0740. The van der Waals surface area contributed by atoms with Gasteiger partial charge >= 0.3 is 0 Å². The number of halogens is 1. The molecule has 0 aliphatic heterocycles. The van der Waals surface area contributed by atoms with Gasteiger partial charge in [0.1, 0.15) is 0 Å². The van der Waals surface area contributed by atoms with Gasteiger partial charge in [0.05, 0.1) is 15.6 Å². The maximum absolute atomic E-state index is 11.5. The van der Waals surface area contributed by atoms with E-state index < -0.39 is 0 Å². The van der Waals surface area contributed by atoms with Crippen molar-refractivity contribution in [3.05, 3.63) is 25.9 Å². The number of rotatable bonds is 2. The van der Waals surface area contributed by atoms with Crippen LogP contribution in [0.1, 0.15) is 19.0 Å². The van der Waals surface area contributed by atoms with E-state index in [0.29, 0.717) is 0 Å². The molecule has 1 rings (SSSR count). The maximum atomic E-state index is 11.5. The molecule has 0 unspecified atom stereocenters. The molecule has 0 atom stereocenters. The lowest BCUT2D eigenvalue weighted by Gasteiger charge is -2.03. The van der Waals surface area contributed by atoms with Gasteiger partial charge in [0.25, 0.3) is 5.56 Å². The summed E-state index contributed by atoms with van der Waals surface area (Å²) in [4.78, 5) is 15.6. The van der Waals surface area contributed by atoms with Crippen molar-refractivity contribution in [3.8, 4) is 0 Å². The van der Waals surface area contributed by atoms with E-state index in [2.05, 4.69) is 4.98 Å². The summed E-state index contributed by atoms with van der Waals surface area (Å²) < 4.78 is 2.37. The zero-order valence-corrected chi connectivity index (χ0v) is 9.33. The highest BCUT2D eigenvalue weighted by atomic mass is 127. The van der Waals surface area contributed by atoms with Crippen LogP contribution in [0.25, 0.3) is 0 Å². The molecule has 4 heteroatoms. The predicted molar refractivity (Wildman–Crippen MR) is 56.2 cm³/mol. The largest absolute Gasteiger partial charge is 0.298 e. The van der Waals surface area contributed by atoms with Crippen LogP contribution in [0.4, 0.5) is 0 Å². The molecule has 66 valence electrons. The highest BCUT2D eigenvalue weighted by molar-refractivity contribution is 14.1. The summed E-state index contributed by atoms with van der Waals surface area (Å²) in [6, 6.07) is 0. The van der Waals surface area contributed by atoms with Crippen LogP contribution in [0, 0.1) is 10.5 Å². The Morgan fingerprint density at radius 1 is 1.67 bits per heavy atom. The molecule has 1 aromatic heterocycles. The highest BCUT2D eigenvalue weighted by Crippen LogP contribution is 2.01. The first-order valence-corrected chi connectivity index (χ1v) is 4.96. The molecule has 3 nitrogen and oxygen atoms in total. The van der Waals surface area contributed by atoms with Crippen LogP contribution in [0.3, 0.4) is 0 Å². The molecule has 12 heavy (non-hydrogen) atoms. The van der Waals surface area contributed by atoms with Crippen molar-refractivity contribution in [1.82, 2.24) is 9.55 Å². The van der Waals surface area contributed by atoms with E-state index in [1.807, 2.05) is 36.4 Å². The number of nitrogens with zero attached hydrogens (tertiary/aromatic N) is 2. The molecule has 0 aliphatic rings. The Bertz CT molecular complexity index is 332. The van der Waals surface area contributed by atoms with Crippen LogP contribution < -0.4 is 5.56 Å². The lowest BCUT2D eigenvalue weighted by Crippen LogP contribution is -2.23. The monoisotopic (exact) mass is 278 g/mol. The second kappa shape index (κ2) is 4.02. The first-order chi connectivity index (χ1) is 5.66. The molecular formula is C8H11IN2O. The average Bonchev–Trinajstić information content (AvgIpc) is 2.07. The van der Waals surface area contributed by atoms with Crippen molar-refractivity contribution in [2.75, 3.05) is 0 Å². The fraction of sp³-hybridized carbons (Fsp3) is 0.500. The minimum absolute atomic E-state index is 0.0740. The Morgan fingerprint density at radius 2 is 2.33 bits per heavy atom. The molecule has 0 radical (unpaired) electrons. The Morgan fingerprint density at radius 3 is 2.92 bits per heavy atom. The van der Waals surface area contributed by atoms with Crippen molar-refractivity contribution in [3.63, 3.8) is 0 Å². The fourth-order valence-corrected chi connectivity index (χ4v) is 1.40. The van der Waals surface area contributed by atoms with Crippen LogP contribution in [0.15, 0.2) is 11.1 Å². The Balaban J connectivity index is 3.18. The second-order valence-corrected chi connectivity index (χ2v) is 3.72. The molecule has 0 saturated carbocycles. The van der Waals surface area contributed by atoms with E-state index in [-0.39, 0.29) is 5.56 Å². The smallest absolute Gasteiger partial charge is 0.266 e. The molecule has 1 heterocycles. The first-order valence-electron chi connectivity index (χ1n) is 3.88. The number of hydrogen-bond acceptors (Lipinski definition) is 2. The van der Waals surface area contributed by atoms with Crippen molar-refractivity contribution >= 4 is 22.6 Å². The van der Waals surface area contributed by atoms with Gasteiger partial charge in [0, 0.05) is 6.54 Å². The van der Waals surface area contributed by atoms with E-state index in [1.54, 1.807) is 10.9 Å². The van der Waals surface area contributed by atoms with Gasteiger partial charge in [-0.15, -0.1) is 0 Å². The maximum Gasteiger partial charge on any atom is 0.266 e. The molecule has 1 aromatic rings. The Labute approximate surface area is 85.0 Å². The second-order valence-electron chi connectivity index (χ2n) is 2.64. The lowest BCUT2D eigenvalue weighted by atomic mass is 10.4. The SMILES string of the molecule is CCCn1cnc(C)c(I)c1=O. The van der Waals surface area contributed by atoms with Gasteiger partial charge in [-0.05, 0) is 35.9 Å². The van der Waals surface area contributed by atoms with Crippen LogP contribution in [-0.2, 0) is 6.54 Å². The Kier molecular flexibility index (Phi) is 3.25. The van der Waals surface area contributed by atoms with Crippen molar-refractivity contribution in [2.24, 2.45) is 0 Å². The van der Waals surface area contributed by atoms with E-state index >= 15 is 0 Å². The third-order valence-electron chi connectivity index (χ3n) is 1.62. The summed E-state index contributed by atoms with van der Waals surface area (Å²) in [5.74, 6) is 0. The van der Waals surface area contributed by atoms with Gasteiger partial charge in [0.2, 0.25) is 0 Å². The van der Waals surface area contributed by atoms with Gasteiger partial charge in [-0.2, -0.15) is 0 Å². The molecule has 0 aliphatic carbocycles. The molecule has 0 aromatic carbocycles. The molecule has 0 bridgehead atoms. The van der Waals surface area contributed by atoms with Gasteiger partial charge in [-0.25, -0.2) is 4.98 Å². The summed E-state index contributed by atoms with van der Waals surface area (Å²) in [6.07, 6.45) is 2.57. The predicted octanol–water partition coefficient (Wildman–Crippen LogP) is 1.57. The third kappa shape index (κ3) is 1.85. The van der Waals surface area contributed by atoms with Crippen LogP contribution in [-0.4, -0.2) is 9.55 Å². The first kappa shape index (κ1) is 9.70. The topological polar surface area (TPSA) is 34.9 Å². The van der Waals surface area contributed by atoms with Gasteiger partial charge in [-0.3, -0.25) is 9.36 Å². The highest BCUT2D eigenvalue weighted by Gasteiger charge is 2.03. The quantitative estimate of drug-likeness (QED) is 0.770. The van der Waals surface area contributed by atoms with Crippen LogP contribution in [0.5, 0.6) is 0 Å². The van der Waals surface area contributed by atoms with Crippen LogP contribution >= 0.6 is 22.6 Å². The zero-order chi connectivity index (χ0) is 9.14. The standard InChI is InChI=1S/C8H11IN2O/c1-3-4-11-5-10-6(2)7(9)8(11)12/h5H,3-4H2,1-2H3. The normalized spacial score (nSPS) is 10.2. The number of hydrogen-bond donors (Lipinski definition) is 0. The summed E-state index contributed by atoms with van der Waals surface area (Å²) in [5.41, 5.74) is 0.887. The fourth-order valence-electron chi connectivity index (χ4n) is 0.946. The van der Waals surface area contributed by atoms with E-state index in [4.69, 9.17) is 0 Å². The summed E-state index contributed by atoms with van der Waals surface area (Å²) in [5, 5.41) is 0. The molecule has 0 spiro atoms. The summed E-state index contributed by atoms with van der Waals surface area (Å²) in [6.45, 7) is 4.64. The molecule has 0 fully saturated rings. The minimum Gasteiger partial charge on any atom is -0.298 e.